The predicted molar refractivity (Wildman–Crippen MR) is 124 cm³/mol. The molecule has 6 nitrogen and oxygen atoms in total. The molecule has 0 N–H and O–H groups in total. The Labute approximate surface area is 191 Å². The number of hydrogen-bond donors (Lipinski definition) is 0. The average Bonchev–Trinajstić information content (AvgIpc) is 3.22. The van der Waals surface area contributed by atoms with Gasteiger partial charge in [0.05, 0.1) is 7.11 Å². The number of carbonyl (C=O) groups excluding carboxylic acids is 1. The second-order valence-electron chi connectivity index (χ2n) is 7.19. The molecule has 1 aliphatic rings. The number of aromatic nitrogens is 1. The molecule has 1 aliphatic heterocycles. The molecule has 1 fully saturated rings. The highest BCUT2D eigenvalue weighted by Crippen LogP contribution is 2.30. The van der Waals surface area contributed by atoms with E-state index >= 15 is 0 Å². The standard InChI is InChI=1S/C23H24ClN3O3S/c1-29-21-15-17(7-8-20(21)30-16-18-5-2-3-6-19(18)24)22(28)26-10-4-11-27(13-12-26)23-25-9-14-31-23/h2-3,5-9,14-15H,4,10-13,16H2,1H3. The van der Waals surface area contributed by atoms with Crippen molar-refractivity contribution in [2.75, 3.05) is 38.2 Å². The third-order valence-electron chi connectivity index (χ3n) is 5.22. The molecule has 0 aliphatic carbocycles. The van der Waals surface area contributed by atoms with E-state index < -0.39 is 0 Å². The summed E-state index contributed by atoms with van der Waals surface area (Å²) in [6.07, 6.45) is 2.72. The number of ether oxygens (including phenoxy) is 2. The Morgan fingerprint density at radius 1 is 1.13 bits per heavy atom. The van der Waals surface area contributed by atoms with Gasteiger partial charge in [-0.1, -0.05) is 29.8 Å². The number of hydrogen-bond acceptors (Lipinski definition) is 6. The number of carbonyl (C=O) groups is 1. The van der Waals surface area contributed by atoms with Gasteiger partial charge < -0.3 is 19.3 Å². The van der Waals surface area contributed by atoms with Crippen LogP contribution in [0.15, 0.2) is 54.0 Å². The Bertz CT molecular complexity index is 1030. The van der Waals surface area contributed by atoms with E-state index in [1.165, 1.54) is 0 Å². The summed E-state index contributed by atoms with van der Waals surface area (Å²) in [5, 5.41) is 3.64. The van der Waals surface area contributed by atoms with Crippen LogP contribution in [0.3, 0.4) is 0 Å². The van der Waals surface area contributed by atoms with Crippen LogP contribution in [0.2, 0.25) is 5.02 Å². The van der Waals surface area contributed by atoms with E-state index in [1.54, 1.807) is 36.6 Å². The van der Waals surface area contributed by atoms with E-state index in [2.05, 4.69) is 9.88 Å². The Balaban J connectivity index is 1.43. The molecule has 31 heavy (non-hydrogen) atoms. The number of halogens is 1. The van der Waals surface area contributed by atoms with Crippen LogP contribution >= 0.6 is 22.9 Å². The first-order chi connectivity index (χ1) is 15.2. The average molecular weight is 458 g/mol. The molecule has 0 atom stereocenters. The van der Waals surface area contributed by atoms with Crippen LogP contribution in [0.1, 0.15) is 22.3 Å². The maximum Gasteiger partial charge on any atom is 0.254 e. The summed E-state index contributed by atoms with van der Waals surface area (Å²) < 4.78 is 11.4. The van der Waals surface area contributed by atoms with Crippen LogP contribution in [-0.4, -0.2) is 49.1 Å². The van der Waals surface area contributed by atoms with Crippen molar-refractivity contribution >= 4 is 34.0 Å². The van der Waals surface area contributed by atoms with Crippen LogP contribution in [0.25, 0.3) is 0 Å². The summed E-state index contributed by atoms with van der Waals surface area (Å²) >= 11 is 7.83. The second-order valence-corrected chi connectivity index (χ2v) is 8.47. The van der Waals surface area contributed by atoms with Gasteiger partial charge in [0.25, 0.3) is 5.91 Å². The van der Waals surface area contributed by atoms with Gasteiger partial charge in [-0.3, -0.25) is 4.79 Å². The largest absolute Gasteiger partial charge is 0.493 e. The van der Waals surface area contributed by atoms with Crippen LogP contribution in [0, 0.1) is 0 Å². The molecule has 1 amide bonds. The number of nitrogens with zero attached hydrogens (tertiary/aromatic N) is 3. The summed E-state index contributed by atoms with van der Waals surface area (Å²) in [6.45, 7) is 3.37. The summed E-state index contributed by atoms with van der Waals surface area (Å²) in [7, 11) is 1.57. The lowest BCUT2D eigenvalue weighted by atomic mass is 10.1. The molecule has 0 bridgehead atoms. The van der Waals surface area contributed by atoms with Crippen molar-refractivity contribution in [3.05, 3.63) is 70.2 Å². The van der Waals surface area contributed by atoms with Crippen molar-refractivity contribution < 1.29 is 14.3 Å². The SMILES string of the molecule is COc1cc(C(=O)N2CCCN(c3nccs3)CC2)ccc1OCc1ccccc1Cl. The zero-order valence-corrected chi connectivity index (χ0v) is 18.9. The van der Waals surface area contributed by atoms with Crippen molar-refractivity contribution in [2.24, 2.45) is 0 Å². The topological polar surface area (TPSA) is 54.9 Å². The van der Waals surface area contributed by atoms with Gasteiger partial charge in [0.15, 0.2) is 16.6 Å². The second kappa shape index (κ2) is 10.0. The highest BCUT2D eigenvalue weighted by molar-refractivity contribution is 7.13. The fraction of sp³-hybridized carbons (Fsp3) is 0.304. The van der Waals surface area contributed by atoms with E-state index in [0.29, 0.717) is 41.8 Å². The van der Waals surface area contributed by atoms with Crippen molar-refractivity contribution in [1.29, 1.82) is 0 Å². The van der Waals surface area contributed by atoms with Crippen molar-refractivity contribution in [2.45, 2.75) is 13.0 Å². The first-order valence-electron chi connectivity index (χ1n) is 10.1. The van der Waals surface area contributed by atoms with E-state index in [9.17, 15) is 4.79 Å². The number of methoxy groups -OCH3 is 1. The van der Waals surface area contributed by atoms with Crippen molar-refractivity contribution in [1.82, 2.24) is 9.88 Å². The summed E-state index contributed by atoms with van der Waals surface area (Å²) in [6, 6.07) is 12.9. The van der Waals surface area contributed by atoms with E-state index in [1.807, 2.05) is 40.7 Å². The van der Waals surface area contributed by atoms with E-state index in [-0.39, 0.29) is 5.91 Å². The molecule has 0 radical (unpaired) electrons. The van der Waals surface area contributed by atoms with Gasteiger partial charge in [0.2, 0.25) is 0 Å². The molecule has 2 aromatic carbocycles. The highest BCUT2D eigenvalue weighted by atomic mass is 35.5. The zero-order valence-electron chi connectivity index (χ0n) is 17.3. The summed E-state index contributed by atoms with van der Waals surface area (Å²) in [4.78, 5) is 21.7. The van der Waals surface area contributed by atoms with Crippen LogP contribution < -0.4 is 14.4 Å². The first-order valence-corrected chi connectivity index (χ1v) is 11.4. The molecule has 8 heteroatoms. The van der Waals surface area contributed by atoms with Crippen LogP contribution in [-0.2, 0) is 6.61 Å². The third kappa shape index (κ3) is 5.11. The van der Waals surface area contributed by atoms with Gasteiger partial charge in [0, 0.05) is 53.9 Å². The maximum atomic E-state index is 13.1. The molecule has 4 rings (SSSR count). The molecular formula is C23H24ClN3O3S. The van der Waals surface area contributed by atoms with Crippen LogP contribution in [0.4, 0.5) is 5.13 Å². The molecule has 2 heterocycles. The molecule has 0 spiro atoms. The molecule has 162 valence electrons. The Hall–Kier alpha value is -2.77. The molecule has 1 saturated heterocycles. The minimum atomic E-state index is -0.00283. The first kappa shape index (κ1) is 21.5. The molecule has 0 unspecified atom stereocenters. The highest BCUT2D eigenvalue weighted by Gasteiger charge is 2.22. The lowest BCUT2D eigenvalue weighted by molar-refractivity contribution is 0.0766. The zero-order chi connectivity index (χ0) is 21.6. The normalized spacial score (nSPS) is 14.3. The van der Waals surface area contributed by atoms with Gasteiger partial charge >= 0.3 is 0 Å². The van der Waals surface area contributed by atoms with E-state index in [4.69, 9.17) is 21.1 Å². The minimum Gasteiger partial charge on any atom is -0.493 e. The summed E-state index contributed by atoms with van der Waals surface area (Å²) in [5.74, 6) is 1.10. The lowest BCUT2D eigenvalue weighted by Crippen LogP contribution is -2.35. The molecular weight excluding hydrogens is 434 g/mol. The Morgan fingerprint density at radius 2 is 2.00 bits per heavy atom. The smallest absolute Gasteiger partial charge is 0.254 e. The van der Waals surface area contributed by atoms with Crippen molar-refractivity contribution in [3.8, 4) is 11.5 Å². The minimum absolute atomic E-state index is 0.00283. The monoisotopic (exact) mass is 457 g/mol. The number of benzene rings is 2. The fourth-order valence-corrected chi connectivity index (χ4v) is 4.44. The third-order valence-corrected chi connectivity index (χ3v) is 6.43. The number of rotatable bonds is 6. The van der Waals surface area contributed by atoms with Crippen LogP contribution in [0.5, 0.6) is 11.5 Å². The molecule has 0 saturated carbocycles. The van der Waals surface area contributed by atoms with Gasteiger partial charge in [0.1, 0.15) is 6.61 Å². The van der Waals surface area contributed by atoms with Crippen molar-refractivity contribution in [3.63, 3.8) is 0 Å². The quantitative estimate of drug-likeness (QED) is 0.535. The Morgan fingerprint density at radius 3 is 2.77 bits per heavy atom. The van der Waals surface area contributed by atoms with E-state index in [0.717, 1.165) is 30.2 Å². The number of anilines is 1. The molecule has 3 aromatic rings. The number of thiazole rings is 1. The molecule has 1 aromatic heterocycles. The van der Waals surface area contributed by atoms with Gasteiger partial charge in [-0.05, 0) is 30.7 Å². The lowest BCUT2D eigenvalue weighted by Gasteiger charge is -2.22. The summed E-state index contributed by atoms with van der Waals surface area (Å²) in [5.41, 5.74) is 1.48. The maximum absolute atomic E-state index is 13.1. The fourth-order valence-electron chi connectivity index (χ4n) is 3.56. The van der Waals surface area contributed by atoms with Gasteiger partial charge in [-0.2, -0.15) is 0 Å². The predicted octanol–water partition coefficient (Wildman–Crippen LogP) is 4.74. The number of amides is 1. The van der Waals surface area contributed by atoms with Gasteiger partial charge in [-0.15, -0.1) is 11.3 Å². The Kier molecular flexibility index (Phi) is 6.94. The van der Waals surface area contributed by atoms with Gasteiger partial charge in [-0.25, -0.2) is 4.98 Å².